The standard InChI is InChI=1S/C23H25N3O3/c1-25(16-20-13-14-24-26(20)2)23(27)12-10-18-9-11-22(28-3)19(15-18)17-29-21-7-5-4-6-8-21/h4-15H,16-17H2,1-3H3/b12-10+. The van der Waals surface area contributed by atoms with Gasteiger partial charge in [0.2, 0.25) is 5.91 Å². The number of amides is 1. The van der Waals surface area contributed by atoms with Crippen molar-refractivity contribution in [1.82, 2.24) is 14.7 Å². The summed E-state index contributed by atoms with van der Waals surface area (Å²) in [5.74, 6) is 1.46. The topological polar surface area (TPSA) is 56.6 Å². The van der Waals surface area contributed by atoms with Crippen LogP contribution in [0, 0.1) is 0 Å². The third-order valence-electron chi connectivity index (χ3n) is 4.56. The number of aryl methyl sites for hydroxylation is 1. The lowest BCUT2D eigenvalue weighted by molar-refractivity contribution is -0.125. The summed E-state index contributed by atoms with van der Waals surface area (Å²) in [5.41, 5.74) is 2.79. The highest BCUT2D eigenvalue weighted by Crippen LogP contribution is 2.23. The van der Waals surface area contributed by atoms with Crippen LogP contribution in [0.25, 0.3) is 6.08 Å². The van der Waals surface area contributed by atoms with Gasteiger partial charge in [-0.05, 0) is 42.0 Å². The van der Waals surface area contributed by atoms with Gasteiger partial charge < -0.3 is 14.4 Å². The number of benzene rings is 2. The first-order valence-corrected chi connectivity index (χ1v) is 9.31. The fraction of sp³-hybridized carbons (Fsp3) is 0.217. The Morgan fingerprint density at radius 2 is 1.97 bits per heavy atom. The number of carbonyl (C=O) groups is 1. The fourth-order valence-corrected chi connectivity index (χ4v) is 2.86. The van der Waals surface area contributed by atoms with Crippen LogP contribution in [-0.4, -0.2) is 34.7 Å². The van der Waals surface area contributed by atoms with Crippen LogP contribution in [0.3, 0.4) is 0 Å². The second kappa shape index (κ2) is 9.59. The van der Waals surface area contributed by atoms with Crippen molar-refractivity contribution in [2.24, 2.45) is 7.05 Å². The molecule has 0 saturated carbocycles. The molecule has 1 heterocycles. The van der Waals surface area contributed by atoms with Gasteiger partial charge in [-0.3, -0.25) is 9.48 Å². The smallest absolute Gasteiger partial charge is 0.246 e. The number of hydrogen-bond acceptors (Lipinski definition) is 4. The average molecular weight is 391 g/mol. The highest BCUT2D eigenvalue weighted by molar-refractivity contribution is 5.91. The number of hydrogen-bond donors (Lipinski definition) is 0. The van der Waals surface area contributed by atoms with Gasteiger partial charge in [0.25, 0.3) is 0 Å². The monoisotopic (exact) mass is 391 g/mol. The number of para-hydroxylation sites is 1. The van der Waals surface area contributed by atoms with E-state index in [-0.39, 0.29) is 5.91 Å². The molecule has 0 unspecified atom stereocenters. The van der Waals surface area contributed by atoms with Crippen LogP contribution in [0.4, 0.5) is 0 Å². The van der Waals surface area contributed by atoms with Crippen molar-refractivity contribution in [3.05, 3.63) is 83.7 Å². The third-order valence-corrected chi connectivity index (χ3v) is 4.56. The number of rotatable bonds is 8. The normalized spacial score (nSPS) is 10.9. The van der Waals surface area contributed by atoms with E-state index in [0.717, 1.165) is 28.3 Å². The molecule has 0 fully saturated rings. The van der Waals surface area contributed by atoms with Crippen LogP contribution < -0.4 is 9.47 Å². The predicted molar refractivity (Wildman–Crippen MR) is 112 cm³/mol. The molecule has 1 aromatic heterocycles. The van der Waals surface area contributed by atoms with Crippen LogP contribution in [-0.2, 0) is 25.0 Å². The van der Waals surface area contributed by atoms with Gasteiger partial charge in [-0.25, -0.2) is 0 Å². The van der Waals surface area contributed by atoms with E-state index in [1.807, 2.05) is 61.6 Å². The molecule has 29 heavy (non-hydrogen) atoms. The number of ether oxygens (including phenoxy) is 2. The SMILES string of the molecule is COc1ccc(/C=C/C(=O)N(C)Cc2ccnn2C)cc1COc1ccccc1. The maximum atomic E-state index is 12.4. The summed E-state index contributed by atoms with van der Waals surface area (Å²) < 4.78 is 13.0. The largest absolute Gasteiger partial charge is 0.496 e. The molecule has 0 bridgehead atoms. The van der Waals surface area contributed by atoms with E-state index in [0.29, 0.717) is 13.2 Å². The summed E-state index contributed by atoms with van der Waals surface area (Å²) in [5, 5.41) is 4.12. The highest BCUT2D eigenvalue weighted by atomic mass is 16.5. The Kier molecular flexibility index (Phi) is 6.68. The lowest BCUT2D eigenvalue weighted by atomic mass is 10.1. The molecule has 0 spiro atoms. The van der Waals surface area contributed by atoms with Gasteiger partial charge in [-0.15, -0.1) is 0 Å². The van der Waals surface area contributed by atoms with Gasteiger partial charge in [0.1, 0.15) is 18.1 Å². The minimum atomic E-state index is -0.0795. The molecular weight excluding hydrogens is 366 g/mol. The van der Waals surface area contributed by atoms with E-state index in [9.17, 15) is 4.79 Å². The van der Waals surface area contributed by atoms with E-state index in [1.165, 1.54) is 0 Å². The molecule has 0 atom stereocenters. The van der Waals surface area contributed by atoms with E-state index in [1.54, 1.807) is 42.1 Å². The Morgan fingerprint density at radius 1 is 1.17 bits per heavy atom. The summed E-state index contributed by atoms with van der Waals surface area (Å²) in [4.78, 5) is 14.1. The van der Waals surface area contributed by atoms with Crippen molar-refractivity contribution in [3.63, 3.8) is 0 Å². The van der Waals surface area contributed by atoms with Crippen molar-refractivity contribution < 1.29 is 14.3 Å². The van der Waals surface area contributed by atoms with Crippen molar-refractivity contribution >= 4 is 12.0 Å². The number of carbonyl (C=O) groups excluding carboxylic acids is 1. The maximum Gasteiger partial charge on any atom is 0.246 e. The quantitative estimate of drug-likeness (QED) is 0.550. The first-order valence-electron chi connectivity index (χ1n) is 9.31. The Hall–Kier alpha value is -3.54. The molecule has 150 valence electrons. The molecule has 3 aromatic rings. The van der Waals surface area contributed by atoms with Crippen LogP contribution >= 0.6 is 0 Å². The summed E-state index contributed by atoms with van der Waals surface area (Å²) in [6.45, 7) is 0.877. The second-order valence-corrected chi connectivity index (χ2v) is 6.65. The zero-order chi connectivity index (χ0) is 20.6. The van der Waals surface area contributed by atoms with Crippen LogP contribution in [0.15, 0.2) is 66.9 Å². The number of methoxy groups -OCH3 is 1. The number of aromatic nitrogens is 2. The minimum absolute atomic E-state index is 0.0795. The molecule has 0 aliphatic carbocycles. The van der Waals surface area contributed by atoms with E-state index in [2.05, 4.69) is 5.10 Å². The average Bonchev–Trinajstić information content (AvgIpc) is 3.15. The summed E-state index contributed by atoms with van der Waals surface area (Å²) in [6.07, 6.45) is 5.09. The van der Waals surface area contributed by atoms with Crippen LogP contribution in [0.5, 0.6) is 11.5 Å². The molecule has 0 aliphatic rings. The van der Waals surface area contributed by atoms with Gasteiger partial charge >= 0.3 is 0 Å². The third kappa shape index (κ3) is 5.48. The molecule has 0 N–H and O–H groups in total. The first-order chi connectivity index (χ1) is 14.1. The minimum Gasteiger partial charge on any atom is -0.496 e. The van der Waals surface area contributed by atoms with E-state index < -0.39 is 0 Å². The molecule has 0 radical (unpaired) electrons. The van der Waals surface area contributed by atoms with Gasteiger partial charge in [-0.1, -0.05) is 24.3 Å². The highest BCUT2D eigenvalue weighted by Gasteiger charge is 2.09. The summed E-state index contributed by atoms with van der Waals surface area (Å²) in [7, 11) is 5.26. The summed E-state index contributed by atoms with van der Waals surface area (Å²) >= 11 is 0. The maximum absolute atomic E-state index is 12.4. The van der Waals surface area contributed by atoms with E-state index >= 15 is 0 Å². The fourth-order valence-electron chi connectivity index (χ4n) is 2.86. The van der Waals surface area contributed by atoms with Crippen molar-refractivity contribution in [2.75, 3.05) is 14.2 Å². The van der Waals surface area contributed by atoms with Gasteiger partial charge in [-0.2, -0.15) is 5.10 Å². The number of likely N-dealkylation sites (N-methyl/N-ethyl adjacent to an activating group) is 1. The second-order valence-electron chi connectivity index (χ2n) is 6.65. The Bertz CT molecular complexity index is 980. The Morgan fingerprint density at radius 3 is 2.66 bits per heavy atom. The predicted octanol–water partition coefficient (Wildman–Crippen LogP) is 3.68. The number of nitrogens with zero attached hydrogens (tertiary/aromatic N) is 3. The van der Waals surface area contributed by atoms with Gasteiger partial charge in [0.05, 0.1) is 19.3 Å². The molecule has 0 aliphatic heterocycles. The molecule has 3 rings (SSSR count). The van der Waals surface area contributed by atoms with Crippen LogP contribution in [0.1, 0.15) is 16.8 Å². The summed E-state index contributed by atoms with van der Waals surface area (Å²) in [6, 6.07) is 17.3. The zero-order valence-corrected chi connectivity index (χ0v) is 16.9. The van der Waals surface area contributed by atoms with E-state index in [4.69, 9.17) is 9.47 Å². The van der Waals surface area contributed by atoms with Gasteiger partial charge in [0, 0.05) is 31.9 Å². The van der Waals surface area contributed by atoms with Crippen molar-refractivity contribution in [1.29, 1.82) is 0 Å². The molecular formula is C23H25N3O3. The lowest BCUT2D eigenvalue weighted by Crippen LogP contribution is -2.25. The molecule has 6 heteroatoms. The van der Waals surface area contributed by atoms with Crippen LogP contribution in [0.2, 0.25) is 0 Å². The molecule has 2 aromatic carbocycles. The van der Waals surface area contributed by atoms with Gasteiger partial charge in [0.15, 0.2) is 0 Å². The van der Waals surface area contributed by atoms with Crippen molar-refractivity contribution in [3.8, 4) is 11.5 Å². The van der Waals surface area contributed by atoms with Crippen molar-refractivity contribution in [2.45, 2.75) is 13.2 Å². The lowest BCUT2D eigenvalue weighted by Gasteiger charge is -2.15. The Balaban J connectivity index is 1.66. The first kappa shape index (κ1) is 20.2. The molecule has 0 saturated heterocycles. The molecule has 6 nitrogen and oxygen atoms in total. The Labute approximate surface area is 171 Å². The zero-order valence-electron chi connectivity index (χ0n) is 16.9. The molecule has 1 amide bonds.